The highest BCUT2D eigenvalue weighted by Gasteiger charge is 2.08. The van der Waals surface area contributed by atoms with Gasteiger partial charge in [-0.1, -0.05) is 30.3 Å². The van der Waals surface area contributed by atoms with Gasteiger partial charge in [0.1, 0.15) is 11.3 Å². The molecular formula is C18H14O5. The van der Waals surface area contributed by atoms with E-state index in [4.69, 9.17) is 9.15 Å². The maximum atomic E-state index is 12.1. The molecule has 0 radical (unpaired) electrons. The Kier molecular flexibility index (Phi) is 4.10. The molecule has 0 saturated carbocycles. The monoisotopic (exact) mass is 310 g/mol. The number of para-hydroxylation sites is 1. The van der Waals surface area contributed by atoms with Crippen LogP contribution < -0.4 is 10.4 Å². The van der Waals surface area contributed by atoms with Crippen molar-refractivity contribution in [1.29, 1.82) is 0 Å². The highest BCUT2D eigenvalue weighted by atomic mass is 16.6. The maximum Gasteiger partial charge on any atom is 0.344 e. The number of methoxy groups -OCH3 is 1. The van der Waals surface area contributed by atoms with Gasteiger partial charge in [0.15, 0.2) is 6.61 Å². The number of hydrogen-bond acceptors (Lipinski definition) is 5. The van der Waals surface area contributed by atoms with E-state index in [1.807, 2.05) is 18.2 Å². The first-order chi connectivity index (χ1) is 11.2. The Morgan fingerprint density at radius 3 is 2.57 bits per heavy atom. The van der Waals surface area contributed by atoms with Crippen LogP contribution in [-0.2, 0) is 9.53 Å². The lowest BCUT2D eigenvalue weighted by Crippen LogP contribution is -2.12. The van der Waals surface area contributed by atoms with Crippen molar-refractivity contribution in [3.63, 3.8) is 0 Å². The molecule has 0 saturated heterocycles. The van der Waals surface area contributed by atoms with Crippen LogP contribution in [0.5, 0.6) is 5.75 Å². The van der Waals surface area contributed by atoms with Crippen LogP contribution in [-0.4, -0.2) is 19.7 Å². The highest BCUT2D eigenvalue weighted by molar-refractivity contribution is 5.81. The van der Waals surface area contributed by atoms with Crippen LogP contribution in [0.3, 0.4) is 0 Å². The first-order valence-corrected chi connectivity index (χ1v) is 7.00. The first-order valence-electron chi connectivity index (χ1n) is 7.00. The summed E-state index contributed by atoms with van der Waals surface area (Å²) in [6.45, 7) is -0.159. The summed E-state index contributed by atoms with van der Waals surface area (Å²) in [4.78, 5) is 23.2. The van der Waals surface area contributed by atoms with Crippen molar-refractivity contribution in [3.05, 3.63) is 65.0 Å². The fraction of sp³-hybridized carbons (Fsp3) is 0.111. The van der Waals surface area contributed by atoms with Crippen LogP contribution in [0.25, 0.3) is 22.1 Å². The molecule has 3 aromatic rings. The van der Waals surface area contributed by atoms with E-state index < -0.39 is 11.6 Å². The lowest BCUT2D eigenvalue weighted by Gasteiger charge is -2.06. The maximum absolute atomic E-state index is 12.1. The smallest absolute Gasteiger partial charge is 0.344 e. The van der Waals surface area contributed by atoms with Crippen molar-refractivity contribution in [2.24, 2.45) is 0 Å². The van der Waals surface area contributed by atoms with Gasteiger partial charge in [0.2, 0.25) is 0 Å². The normalized spacial score (nSPS) is 10.5. The predicted molar refractivity (Wildman–Crippen MR) is 85.4 cm³/mol. The van der Waals surface area contributed by atoms with E-state index >= 15 is 0 Å². The summed E-state index contributed by atoms with van der Waals surface area (Å²) in [6.07, 6.45) is 0. The summed E-state index contributed by atoms with van der Waals surface area (Å²) in [6, 6.07) is 16.0. The summed E-state index contributed by atoms with van der Waals surface area (Å²) in [5, 5.41) is 0.855. The van der Waals surface area contributed by atoms with Gasteiger partial charge < -0.3 is 13.9 Å². The molecule has 23 heavy (non-hydrogen) atoms. The SMILES string of the molecule is COC(=O)COc1ccc(-c2cc3ccccc3oc2=O)cc1. The summed E-state index contributed by atoms with van der Waals surface area (Å²) < 4.78 is 15.1. The Hall–Kier alpha value is -3.08. The van der Waals surface area contributed by atoms with Crippen molar-refractivity contribution in [1.82, 2.24) is 0 Å². The van der Waals surface area contributed by atoms with Crippen molar-refractivity contribution in [2.45, 2.75) is 0 Å². The Labute approximate surface area is 132 Å². The molecule has 0 N–H and O–H groups in total. The standard InChI is InChI=1S/C18H14O5/c1-21-17(19)11-22-14-8-6-12(7-9-14)15-10-13-4-2-3-5-16(13)23-18(15)20/h2-10H,11H2,1H3. The molecule has 3 rings (SSSR count). The van der Waals surface area contributed by atoms with E-state index in [0.29, 0.717) is 16.9 Å². The fourth-order valence-corrected chi connectivity index (χ4v) is 2.20. The third kappa shape index (κ3) is 3.23. The van der Waals surface area contributed by atoms with Crippen molar-refractivity contribution in [3.8, 4) is 16.9 Å². The summed E-state index contributed by atoms with van der Waals surface area (Å²) in [5.41, 5.74) is 1.35. The number of ether oxygens (including phenoxy) is 2. The molecule has 1 aromatic heterocycles. The molecule has 0 fully saturated rings. The van der Waals surface area contributed by atoms with Gasteiger partial charge in [-0.15, -0.1) is 0 Å². The molecule has 5 nitrogen and oxygen atoms in total. The molecule has 0 atom stereocenters. The third-order valence-corrected chi connectivity index (χ3v) is 3.39. The number of carbonyl (C=O) groups excluding carboxylic acids is 1. The van der Waals surface area contributed by atoms with Gasteiger partial charge in [0, 0.05) is 5.39 Å². The number of benzene rings is 2. The van der Waals surface area contributed by atoms with E-state index in [9.17, 15) is 9.59 Å². The van der Waals surface area contributed by atoms with Gasteiger partial charge in [-0.2, -0.15) is 0 Å². The molecule has 5 heteroatoms. The number of esters is 1. The minimum absolute atomic E-state index is 0.159. The van der Waals surface area contributed by atoms with Gasteiger partial charge in [0.25, 0.3) is 0 Å². The predicted octanol–water partition coefficient (Wildman–Crippen LogP) is 3.01. The van der Waals surface area contributed by atoms with Crippen molar-refractivity contribution in [2.75, 3.05) is 13.7 Å². The highest BCUT2D eigenvalue weighted by Crippen LogP contribution is 2.23. The summed E-state index contributed by atoms with van der Waals surface area (Å²) in [5.74, 6) is 0.0635. The zero-order valence-electron chi connectivity index (χ0n) is 12.4. The average Bonchev–Trinajstić information content (AvgIpc) is 2.59. The second-order valence-electron chi connectivity index (χ2n) is 4.87. The minimum Gasteiger partial charge on any atom is -0.482 e. The van der Waals surface area contributed by atoms with E-state index in [-0.39, 0.29) is 6.61 Å². The lowest BCUT2D eigenvalue weighted by atomic mass is 10.1. The third-order valence-electron chi connectivity index (χ3n) is 3.39. The Morgan fingerprint density at radius 2 is 1.83 bits per heavy atom. The summed E-state index contributed by atoms with van der Waals surface area (Å²) >= 11 is 0. The number of hydrogen-bond donors (Lipinski definition) is 0. The molecule has 0 aliphatic rings. The molecule has 0 aliphatic heterocycles. The molecule has 1 heterocycles. The Morgan fingerprint density at radius 1 is 1.09 bits per heavy atom. The molecule has 0 unspecified atom stereocenters. The average molecular weight is 310 g/mol. The van der Waals surface area contributed by atoms with Crippen molar-refractivity contribution < 1.29 is 18.7 Å². The van der Waals surface area contributed by atoms with E-state index in [1.165, 1.54) is 7.11 Å². The molecule has 0 aliphatic carbocycles. The largest absolute Gasteiger partial charge is 0.482 e. The van der Waals surface area contributed by atoms with Gasteiger partial charge in [-0.25, -0.2) is 9.59 Å². The molecule has 2 aromatic carbocycles. The molecule has 0 bridgehead atoms. The topological polar surface area (TPSA) is 65.7 Å². The van der Waals surface area contributed by atoms with Gasteiger partial charge in [-0.05, 0) is 29.8 Å². The van der Waals surface area contributed by atoms with E-state index in [2.05, 4.69) is 4.74 Å². The van der Waals surface area contributed by atoms with Crippen LogP contribution in [0.1, 0.15) is 0 Å². The van der Waals surface area contributed by atoms with Gasteiger partial charge >= 0.3 is 11.6 Å². The number of fused-ring (bicyclic) bond motifs is 1. The minimum atomic E-state index is -0.454. The number of rotatable bonds is 4. The summed E-state index contributed by atoms with van der Waals surface area (Å²) in [7, 11) is 1.30. The second-order valence-corrected chi connectivity index (χ2v) is 4.87. The van der Waals surface area contributed by atoms with E-state index in [1.54, 1.807) is 36.4 Å². The molecule has 116 valence electrons. The van der Waals surface area contributed by atoms with Crippen LogP contribution in [0, 0.1) is 0 Å². The zero-order chi connectivity index (χ0) is 16.2. The second kappa shape index (κ2) is 6.36. The Bertz CT molecular complexity index is 893. The fourth-order valence-electron chi connectivity index (χ4n) is 2.20. The number of carbonyl (C=O) groups is 1. The lowest BCUT2D eigenvalue weighted by molar-refractivity contribution is -0.142. The van der Waals surface area contributed by atoms with Crippen LogP contribution in [0.2, 0.25) is 0 Å². The van der Waals surface area contributed by atoms with Crippen LogP contribution >= 0.6 is 0 Å². The zero-order valence-corrected chi connectivity index (χ0v) is 12.4. The van der Waals surface area contributed by atoms with E-state index in [0.717, 1.165) is 10.9 Å². The molecule has 0 amide bonds. The van der Waals surface area contributed by atoms with Crippen molar-refractivity contribution >= 4 is 16.9 Å². The van der Waals surface area contributed by atoms with Crippen LogP contribution in [0.15, 0.2) is 63.8 Å². The Balaban J connectivity index is 1.88. The van der Waals surface area contributed by atoms with Gasteiger partial charge in [0.05, 0.1) is 12.7 Å². The molecular weight excluding hydrogens is 296 g/mol. The van der Waals surface area contributed by atoms with Crippen LogP contribution in [0.4, 0.5) is 0 Å². The quantitative estimate of drug-likeness (QED) is 0.547. The molecule has 0 spiro atoms. The first kappa shape index (κ1) is 14.8. The van der Waals surface area contributed by atoms with Gasteiger partial charge in [-0.3, -0.25) is 0 Å².